The molecule has 2 heterocycles. The third-order valence-electron chi connectivity index (χ3n) is 5.15. The van der Waals surface area contributed by atoms with Crippen molar-refractivity contribution >= 4 is 15.9 Å². The molecule has 2 aliphatic rings. The lowest BCUT2D eigenvalue weighted by molar-refractivity contribution is -0.0365. The van der Waals surface area contributed by atoms with Crippen molar-refractivity contribution in [3.05, 3.63) is 16.4 Å². The predicted molar refractivity (Wildman–Crippen MR) is 86.3 cm³/mol. The van der Waals surface area contributed by atoms with Crippen LogP contribution in [0.4, 0.5) is 0 Å². The van der Waals surface area contributed by atoms with Crippen LogP contribution in [0.25, 0.3) is 0 Å². The Labute approximate surface area is 135 Å². The number of morpholine rings is 1. The fourth-order valence-electron chi connectivity index (χ4n) is 4.19. The molecule has 118 valence electrons. The summed E-state index contributed by atoms with van der Waals surface area (Å²) in [5.41, 5.74) is 1.44. The van der Waals surface area contributed by atoms with Crippen molar-refractivity contribution in [2.45, 2.75) is 37.3 Å². The first-order valence-electron chi connectivity index (χ1n) is 7.86. The molecule has 5 nitrogen and oxygen atoms in total. The predicted octanol–water partition coefficient (Wildman–Crippen LogP) is 2.09. The number of likely N-dealkylation sites (N-methyl/N-ethyl adjacent to an activating group) is 1. The molecule has 0 spiro atoms. The van der Waals surface area contributed by atoms with Crippen LogP contribution in [-0.2, 0) is 11.8 Å². The van der Waals surface area contributed by atoms with Gasteiger partial charge in [-0.25, -0.2) is 0 Å². The Morgan fingerprint density at radius 2 is 2.00 bits per heavy atom. The molecular weight excluding hydrogens is 332 g/mol. The first kappa shape index (κ1) is 15.5. The number of ether oxygens (including phenoxy) is 1. The highest BCUT2D eigenvalue weighted by molar-refractivity contribution is 9.10. The van der Waals surface area contributed by atoms with Crippen molar-refractivity contribution in [3.8, 4) is 0 Å². The Bertz CT molecular complexity index is 459. The van der Waals surface area contributed by atoms with E-state index in [-0.39, 0.29) is 5.54 Å². The standard InChI is InChI=1S/C15H25BrN4O/c1-17-14(13-12(16)11-18-19(13)2)15(5-3-4-6-15)20-7-9-21-10-8-20/h11,14,17H,3-10H2,1-2H3. The largest absolute Gasteiger partial charge is 0.379 e. The van der Waals surface area contributed by atoms with Crippen LogP contribution in [0, 0.1) is 0 Å². The lowest BCUT2D eigenvalue weighted by atomic mass is 9.83. The van der Waals surface area contributed by atoms with E-state index in [0.717, 1.165) is 30.8 Å². The molecule has 1 aliphatic heterocycles. The molecule has 1 aromatic rings. The van der Waals surface area contributed by atoms with Gasteiger partial charge in [0.25, 0.3) is 0 Å². The van der Waals surface area contributed by atoms with Crippen LogP contribution >= 0.6 is 15.9 Å². The van der Waals surface area contributed by atoms with Gasteiger partial charge < -0.3 is 10.1 Å². The highest BCUT2D eigenvalue weighted by atomic mass is 79.9. The highest BCUT2D eigenvalue weighted by Gasteiger charge is 2.47. The Balaban J connectivity index is 1.98. The molecule has 6 heteroatoms. The van der Waals surface area contributed by atoms with E-state index in [4.69, 9.17) is 4.74 Å². The molecule has 3 rings (SSSR count). The number of aromatic nitrogens is 2. The van der Waals surface area contributed by atoms with Crippen molar-refractivity contribution in [3.63, 3.8) is 0 Å². The monoisotopic (exact) mass is 356 g/mol. The van der Waals surface area contributed by atoms with Gasteiger partial charge in [0.1, 0.15) is 0 Å². The zero-order chi connectivity index (χ0) is 14.9. The first-order chi connectivity index (χ1) is 10.2. The van der Waals surface area contributed by atoms with Gasteiger partial charge in [-0.2, -0.15) is 5.10 Å². The van der Waals surface area contributed by atoms with Crippen molar-refractivity contribution in [2.75, 3.05) is 33.4 Å². The lowest BCUT2D eigenvalue weighted by Crippen LogP contribution is -2.58. The molecule has 1 saturated heterocycles. The summed E-state index contributed by atoms with van der Waals surface area (Å²) in [6.45, 7) is 3.77. The van der Waals surface area contributed by atoms with E-state index in [1.807, 2.05) is 17.9 Å². The fraction of sp³-hybridized carbons (Fsp3) is 0.800. The number of nitrogens with one attached hydrogen (secondary N) is 1. The summed E-state index contributed by atoms with van der Waals surface area (Å²) in [6, 6.07) is 0.292. The number of hydrogen-bond donors (Lipinski definition) is 1. The maximum atomic E-state index is 5.57. The number of aryl methyl sites for hydroxylation is 1. The summed E-state index contributed by atoms with van der Waals surface area (Å²) in [6.07, 6.45) is 7.02. The van der Waals surface area contributed by atoms with Crippen LogP contribution in [0.1, 0.15) is 37.4 Å². The van der Waals surface area contributed by atoms with Gasteiger partial charge in [0.15, 0.2) is 0 Å². The van der Waals surface area contributed by atoms with Gasteiger partial charge in [-0.1, -0.05) is 12.8 Å². The second-order valence-corrected chi connectivity index (χ2v) is 6.99. The molecule has 1 aliphatic carbocycles. The van der Waals surface area contributed by atoms with Crippen LogP contribution in [0.3, 0.4) is 0 Å². The molecule has 1 unspecified atom stereocenters. The van der Waals surface area contributed by atoms with Crippen LogP contribution in [0.15, 0.2) is 10.7 Å². The molecule has 0 bridgehead atoms. The number of nitrogens with zero attached hydrogens (tertiary/aromatic N) is 3. The number of halogens is 1. The molecular formula is C15H25BrN4O. The summed E-state index contributed by atoms with van der Waals surface area (Å²) < 4.78 is 8.67. The SMILES string of the molecule is CNC(c1c(Br)cnn1C)C1(N2CCOCC2)CCCC1. The summed E-state index contributed by atoms with van der Waals surface area (Å²) in [5.74, 6) is 0. The van der Waals surface area contributed by atoms with Gasteiger partial charge in [-0.05, 0) is 35.8 Å². The minimum atomic E-state index is 0.189. The average Bonchev–Trinajstić information content (AvgIpc) is 3.12. The van der Waals surface area contributed by atoms with Crippen LogP contribution in [0.2, 0.25) is 0 Å². The molecule has 2 fully saturated rings. The van der Waals surface area contributed by atoms with E-state index in [0.29, 0.717) is 6.04 Å². The Kier molecular flexibility index (Phi) is 4.69. The number of hydrogen-bond acceptors (Lipinski definition) is 4. The maximum Gasteiger partial charge on any atom is 0.0711 e. The van der Waals surface area contributed by atoms with Gasteiger partial charge in [0.05, 0.1) is 35.6 Å². The zero-order valence-electron chi connectivity index (χ0n) is 12.9. The van der Waals surface area contributed by atoms with Crippen molar-refractivity contribution in [2.24, 2.45) is 7.05 Å². The Morgan fingerprint density at radius 1 is 1.33 bits per heavy atom. The van der Waals surface area contributed by atoms with E-state index < -0.39 is 0 Å². The second kappa shape index (κ2) is 6.36. The Hall–Kier alpha value is -0.430. The van der Waals surface area contributed by atoms with Crippen molar-refractivity contribution in [1.29, 1.82) is 0 Å². The van der Waals surface area contributed by atoms with E-state index in [1.54, 1.807) is 0 Å². The second-order valence-electron chi connectivity index (χ2n) is 6.13. The minimum Gasteiger partial charge on any atom is -0.379 e. The lowest BCUT2D eigenvalue weighted by Gasteiger charge is -2.48. The molecule has 0 aromatic carbocycles. The topological polar surface area (TPSA) is 42.3 Å². The summed E-state index contributed by atoms with van der Waals surface area (Å²) in [4.78, 5) is 2.66. The van der Waals surface area contributed by atoms with Crippen molar-refractivity contribution < 1.29 is 4.74 Å². The fourth-order valence-corrected chi connectivity index (χ4v) is 4.77. The van der Waals surface area contributed by atoms with E-state index in [2.05, 4.69) is 38.3 Å². The first-order valence-corrected chi connectivity index (χ1v) is 8.66. The number of rotatable bonds is 4. The van der Waals surface area contributed by atoms with Crippen LogP contribution < -0.4 is 5.32 Å². The van der Waals surface area contributed by atoms with E-state index in [1.165, 1.54) is 31.4 Å². The van der Waals surface area contributed by atoms with Gasteiger partial charge in [-0.15, -0.1) is 0 Å². The summed E-state index contributed by atoms with van der Waals surface area (Å²) >= 11 is 3.69. The van der Waals surface area contributed by atoms with Crippen LogP contribution in [-0.4, -0.2) is 53.6 Å². The van der Waals surface area contributed by atoms with Crippen molar-refractivity contribution in [1.82, 2.24) is 20.0 Å². The van der Waals surface area contributed by atoms with E-state index in [9.17, 15) is 0 Å². The summed E-state index contributed by atoms with van der Waals surface area (Å²) in [5, 5.41) is 8.01. The quantitative estimate of drug-likeness (QED) is 0.896. The molecule has 21 heavy (non-hydrogen) atoms. The molecule has 1 saturated carbocycles. The van der Waals surface area contributed by atoms with Gasteiger partial charge in [0.2, 0.25) is 0 Å². The smallest absolute Gasteiger partial charge is 0.0711 e. The molecule has 1 aromatic heterocycles. The van der Waals surface area contributed by atoms with Gasteiger partial charge in [0, 0.05) is 25.7 Å². The molecule has 0 radical (unpaired) electrons. The average molecular weight is 357 g/mol. The molecule has 1 atom stereocenters. The third-order valence-corrected chi connectivity index (χ3v) is 5.76. The third kappa shape index (κ3) is 2.67. The van der Waals surface area contributed by atoms with Gasteiger partial charge in [-0.3, -0.25) is 9.58 Å². The van der Waals surface area contributed by atoms with Gasteiger partial charge >= 0.3 is 0 Å². The maximum absolute atomic E-state index is 5.57. The minimum absolute atomic E-state index is 0.189. The molecule has 1 N–H and O–H groups in total. The normalized spacial score (nSPS) is 24.3. The zero-order valence-corrected chi connectivity index (χ0v) is 14.5. The molecule has 0 amide bonds. The Morgan fingerprint density at radius 3 is 2.52 bits per heavy atom. The van der Waals surface area contributed by atoms with E-state index >= 15 is 0 Å². The van der Waals surface area contributed by atoms with Crippen LogP contribution in [0.5, 0.6) is 0 Å². The summed E-state index contributed by atoms with van der Waals surface area (Å²) in [7, 11) is 4.11. The highest BCUT2D eigenvalue weighted by Crippen LogP contribution is 2.45.